The van der Waals surface area contributed by atoms with E-state index in [1.54, 1.807) is 18.2 Å². The number of rotatable bonds is 6. The number of carbonyl (C=O) groups excluding carboxylic acids is 3. The molecule has 8 heteroatoms. The van der Waals surface area contributed by atoms with E-state index in [-0.39, 0.29) is 31.4 Å². The summed E-state index contributed by atoms with van der Waals surface area (Å²) in [5, 5.41) is 2.32. The minimum absolute atomic E-state index is 0.208. The third-order valence-electron chi connectivity index (χ3n) is 6.37. The van der Waals surface area contributed by atoms with Crippen LogP contribution >= 0.6 is 0 Å². The highest BCUT2D eigenvalue weighted by Gasteiger charge is 2.40. The molecule has 0 spiro atoms. The van der Waals surface area contributed by atoms with Crippen LogP contribution in [-0.2, 0) is 34.0 Å². The van der Waals surface area contributed by atoms with Crippen LogP contribution in [0.2, 0.25) is 0 Å². The van der Waals surface area contributed by atoms with Crippen LogP contribution in [0.1, 0.15) is 41.3 Å². The number of fused-ring (bicyclic) bond motifs is 1. The van der Waals surface area contributed by atoms with Gasteiger partial charge in [-0.3, -0.25) is 24.6 Å². The van der Waals surface area contributed by atoms with Crippen molar-refractivity contribution in [3.05, 3.63) is 64.7 Å². The lowest BCUT2D eigenvalue weighted by Crippen LogP contribution is -2.52. The number of hydrogen-bond donors (Lipinski definition) is 1. The Morgan fingerprint density at radius 1 is 1.09 bits per heavy atom. The summed E-state index contributed by atoms with van der Waals surface area (Å²) < 4.78 is 19.9. The van der Waals surface area contributed by atoms with Gasteiger partial charge in [0.1, 0.15) is 18.4 Å². The number of imide groups is 1. The molecular weight excluding hydrogens is 422 g/mol. The Labute approximate surface area is 193 Å². The highest BCUT2D eigenvalue weighted by atomic mass is 16.5. The number of nitrogens with one attached hydrogen (secondary N) is 1. The van der Waals surface area contributed by atoms with Crippen molar-refractivity contribution >= 4 is 17.7 Å². The Hall–Kier alpha value is -3.23. The molecule has 0 aliphatic carbocycles. The van der Waals surface area contributed by atoms with Crippen molar-refractivity contribution in [1.82, 2.24) is 15.1 Å². The van der Waals surface area contributed by atoms with Crippen molar-refractivity contribution in [2.24, 2.45) is 0 Å². The zero-order valence-corrected chi connectivity index (χ0v) is 18.3. The first-order valence-corrected chi connectivity index (χ1v) is 11.3. The van der Waals surface area contributed by atoms with Gasteiger partial charge in [-0.15, -0.1) is 0 Å². The van der Waals surface area contributed by atoms with Gasteiger partial charge in [-0.2, -0.15) is 0 Å². The first-order valence-electron chi connectivity index (χ1n) is 11.8. The first-order chi connectivity index (χ1) is 16.5. The van der Waals surface area contributed by atoms with Gasteiger partial charge in [-0.25, -0.2) is 0 Å². The maximum Gasteiger partial charge on any atom is 0.255 e. The second kappa shape index (κ2) is 9.33. The Morgan fingerprint density at radius 3 is 2.70 bits per heavy atom. The summed E-state index contributed by atoms with van der Waals surface area (Å²) >= 11 is 0. The Balaban J connectivity index is 1.26. The topological polar surface area (TPSA) is 88.2 Å². The lowest BCUT2D eigenvalue weighted by Gasteiger charge is -2.29. The SMILES string of the molecule is [2H]c1cc(CN2CCOCC2)ccc1COc1cccc2c1CN(C1CCC(=O)NC1=O)C2=O. The Bertz CT molecular complexity index is 1130. The smallest absolute Gasteiger partial charge is 0.255 e. The fourth-order valence-corrected chi connectivity index (χ4v) is 4.54. The molecule has 2 aromatic rings. The molecule has 1 unspecified atom stereocenters. The lowest BCUT2D eigenvalue weighted by molar-refractivity contribution is -0.136. The van der Waals surface area contributed by atoms with E-state index in [0.717, 1.165) is 49.5 Å². The third kappa shape index (κ3) is 4.62. The van der Waals surface area contributed by atoms with Crippen LogP contribution in [0.4, 0.5) is 0 Å². The summed E-state index contributed by atoms with van der Waals surface area (Å²) in [6, 6.07) is 10.9. The number of amides is 3. The molecule has 5 rings (SSSR count). The van der Waals surface area contributed by atoms with E-state index in [4.69, 9.17) is 10.8 Å². The number of piperidine rings is 1. The Kier molecular flexibility index (Phi) is 5.76. The summed E-state index contributed by atoms with van der Waals surface area (Å²) in [6.07, 6.45) is 0.535. The van der Waals surface area contributed by atoms with Crippen molar-refractivity contribution in [1.29, 1.82) is 0 Å². The summed E-state index contributed by atoms with van der Waals surface area (Å²) in [7, 11) is 0. The van der Waals surface area contributed by atoms with Gasteiger partial charge in [0.15, 0.2) is 0 Å². The number of carbonyl (C=O) groups is 3. The van der Waals surface area contributed by atoms with Gasteiger partial charge in [0.2, 0.25) is 11.8 Å². The van der Waals surface area contributed by atoms with Crippen LogP contribution in [0.5, 0.6) is 5.75 Å². The molecule has 0 bridgehead atoms. The van der Waals surface area contributed by atoms with Crippen molar-refractivity contribution in [2.75, 3.05) is 26.3 Å². The fraction of sp³-hybridized carbons (Fsp3) is 0.400. The van der Waals surface area contributed by atoms with E-state index in [1.165, 1.54) is 4.90 Å². The van der Waals surface area contributed by atoms with Gasteiger partial charge >= 0.3 is 0 Å². The van der Waals surface area contributed by atoms with E-state index in [0.29, 0.717) is 23.8 Å². The van der Waals surface area contributed by atoms with Gasteiger partial charge < -0.3 is 14.4 Å². The molecule has 0 saturated carbocycles. The molecule has 2 saturated heterocycles. The fourth-order valence-electron chi connectivity index (χ4n) is 4.54. The quantitative estimate of drug-likeness (QED) is 0.676. The number of nitrogens with zero attached hydrogens (tertiary/aromatic N) is 2. The standard InChI is InChI=1S/C25H27N3O5/c29-23-9-8-21(24(30)26-23)28-15-20-19(25(28)31)2-1-3-22(20)33-16-18-6-4-17(5-7-18)14-27-10-12-32-13-11-27/h1-7,21H,8-16H2,(H,26,29,30)/i6D. The van der Waals surface area contributed by atoms with Gasteiger partial charge in [0.25, 0.3) is 5.91 Å². The number of benzene rings is 2. The molecule has 1 N–H and O–H groups in total. The number of morpholine rings is 1. The van der Waals surface area contributed by atoms with E-state index in [2.05, 4.69) is 10.2 Å². The average molecular weight is 451 g/mol. The summed E-state index contributed by atoms with van der Waals surface area (Å²) in [5.41, 5.74) is 3.08. The van der Waals surface area contributed by atoms with Gasteiger partial charge in [0.05, 0.1) is 21.1 Å². The van der Waals surface area contributed by atoms with Crippen LogP contribution < -0.4 is 10.1 Å². The molecule has 3 heterocycles. The van der Waals surface area contributed by atoms with Crippen LogP contribution in [0.25, 0.3) is 0 Å². The first kappa shape index (κ1) is 20.4. The molecule has 8 nitrogen and oxygen atoms in total. The minimum atomic E-state index is -0.663. The predicted molar refractivity (Wildman–Crippen MR) is 119 cm³/mol. The third-order valence-corrected chi connectivity index (χ3v) is 6.37. The summed E-state index contributed by atoms with van der Waals surface area (Å²) in [4.78, 5) is 40.6. The zero-order chi connectivity index (χ0) is 23.7. The molecule has 172 valence electrons. The number of hydrogen-bond acceptors (Lipinski definition) is 6. The van der Waals surface area contributed by atoms with Crippen LogP contribution in [0.3, 0.4) is 0 Å². The molecule has 3 aliphatic heterocycles. The normalized spacial score (nSPS) is 21.6. The summed E-state index contributed by atoms with van der Waals surface area (Å²) in [5.74, 6) is -0.409. The zero-order valence-electron chi connectivity index (χ0n) is 19.3. The molecule has 3 amide bonds. The van der Waals surface area contributed by atoms with Gasteiger partial charge in [-0.05, 0) is 29.7 Å². The molecule has 1 atom stereocenters. The lowest BCUT2D eigenvalue weighted by atomic mass is 10.0. The number of ether oxygens (including phenoxy) is 2. The molecule has 0 radical (unpaired) electrons. The maximum atomic E-state index is 13.0. The predicted octanol–water partition coefficient (Wildman–Crippen LogP) is 1.86. The molecule has 2 fully saturated rings. The largest absolute Gasteiger partial charge is 0.489 e. The van der Waals surface area contributed by atoms with Gasteiger partial charge in [-0.1, -0.05) is 30.3 Å². The second-order valence-electron chi connectivity index (χ2n) is 8.58. The average Bonchev–Trinajstić information content (AvgIpc) is 3.16. The van der Waals surface area contributed by atoms with E-state index < -0.39 is 11.9 Å². The van der Waals surface area contributed by atoms with Crippen molar-refractivity contribution in [3.8, 4) is 5.75 Å². The van der Waals surface area contributed by atoms with Crippen LogP contribution in [0.15, 0.2) is 42.4 Å². The van der Waals surface area contributed by atoms with E-state index in [9.17, 15) is 14.4 Å². The second-order valence-corrected chi connectivity index (χ2v) is 8.58. The van der Waals surface area contributed by atoms with Crippen molar-refractivity contribution in [2.45, 2.75) is 38.6 Å². The van der Waals surface area contributed by atoms with Gasteiger partial charge in [0, 0.05) is 37.2 Å². The summed E-state index contributed by atoms with van der Waals surface area (Å²) in [6.45, 7) is 4.52. The highest BCUT2D eigenvalue weighted by Crippen LogP contribution is 2.34. The minimum Gasteiger partial charge on any atom is -0.489 e. The molecule has 33 heavy (non-hydrogen) atoms. The highest BCUT2D eigenvalue weighted by molar-refractivity contribution is 6.05. The van der Waals surface area contributed by atoms with Crippen LogP contribution in [0, 0.1) is 0 Å². The molecule has 2 aromatic carbocycles. The van der Waals surface area contributed by atoms with Crippen molar-refractivity contribution < 1.29 is 25.2 Å². The van der Waals surface area contributed by atoms with E-state index >= 15 is 0 Å². The monoisotopic (exact) mass is 450 g/mol. The van der Waals surface area contributed by atoms with Crippen molar-refractivity contribution in [3.63, 3.8) is 0 Å². The maximum absolute atomic E-state index is 13.0. The Morgan fingerprint density at radius 2 is 1.91 bits per heavy atom. The van der Waals surface area contributed by atoms with Crippen LogP contribution in [-0.4, -0.2) is 59.9 Å². The molecule has 0 aromatic heterocycles. The van der Waals surface area contributed by atoms with E-state index in [1.807, 2.05) is 18.2 Å². The molecule has 3 aliphatic rings. The molecular formula is C25H27N3O5.